The monoisotopic (exact) mass is 323 g/mol. The fourth-order valence-corrected chi connectivity index (χ4v) is 4.11. The summed E-state index contributed by atoms with van der Waals surface area (Å²) >= 11 is 8.36. The maximum absolute atomic E-state index is 6.58. The Labute approximate surface area is 133 Å². The van der Waals surface area contributed by atoms with E-state index < -0.39 is 0 Å². The lowest BCUT2D eigenvalue weighted by molar-refractivity contribution is 0.354. The normalized spacial score (nSPS) is 18.0. The van der Waals surface area contributed by atoms with Gasteiger partial charge >= 0.3 is 0 Å². The average molecular weight is 324 g/mol. The van der Waals surface area contributed by atoms with E-state index in [0.29, 0.717) is 22.4 Å². The third kappa shape index (κ3) is 2.63. The summed E-state index contributed by atoms with van der Waals surface area (Å²) in [6.45, 7) is 1.84. The molecule has 1 aromatic carbocycles. The van der Waals surface area contributed by atoms with E-state index >= 15 is 0 Å². The molecule has 1 unspecified atom stereocenters. The molecule has 0 amide bonds. The molecule has 2 heterocycles. The summed E-state index contributed by atoms with van der Waals surface area (Å²) in [5.74, 6) is 1.63. The van der Waals surface area contributed by atoms with Crippen LogP contribution in [0.25, 0.3) is 0 Å². The molecule has 112 valence electrons. The highest BCUT2D eigenvalue weighted by molar-refractivity contribution is 7.10. The molecular weight excluding hydrogens is 306 g/mol. The number of nitrogens with one attached hydrogen (secondary N) is 1. The number of ether oxygens (including phenoxy) is 2. The predicted molar refractivity (Wildman–Crippen MR) is 87.3 cm³/mol. The average Bonchev–Trinajstić information content (AvgIpc) is 2.94. The van der Waals surface area contributed by atoms with Crippen LogP contribution in [0.2, 0.25) is 5.02 Å². The van der Waals surface area contributed by atoms with Crippen LogP contribution in [0.15, 0.2) is 23.6 Å². The Balaban J connectivity index is 2.18. The van der Waals surface area contributed by atoms with Crippen molar-refractivity contribution in [1.82, 2.24) is 5.32 Å². The van der Waals surface area contributed by atoms with Crippen LogP contribution in [0, 0.1) is 0 Å². The first-order valence-corrected chi connectivity index (χ1v) is 8.19. The highest BCUT2D eigenvalue weighted by atomic mass is 35.5. The summed E-state index contributed by atoms with van der Waals surface area (Å²) in [5, 5.41) is 6.29. The molecule has 3 rings (SSSR count). The van der Waals surface area contributed by atoms with Gasteiger partial charge in [0.15, 0.2) is 11.5 Å². The first-order chi connectivity index (χ1) is 10.3. The quantitative estimate of drug-likeness (QED) is 0.934. The third-order valence-electron chi connectivity index (χ3n) is 3.91. The number of halogens is 1. The molecule has 0 fully saturated rings. The first-order valence-electron chi connectivity index (χ1n) is 6.93. The molecule has 21 heavy (non-hydrogen) atoms. The third-order valence-corrected chi connectivity index (χ3v) is 5.30. The lowest BCUT2D eigenvalue weighted by atomic mass is 9.92. The molecule has 1 aliphatic heterocycles. The second-order valence-electron chi connectivity index (χ2n) is 5.02. The number of benzene rings is 1. The number of hydrogen-bond acceptors (Lipinski definition) is 4. The van der Waals surface area contributed by atoms with Crippen LogP contribution in [0.5, 0.6) is 11.5 Å². The fourth-order valence-electron chi connectivity index (χ4n) is 2.89. The van der Waals surface area contributed by atoms with Crippen molar-refractivity contribution in [2.24, 2.45) is 0 Å². The summed E-state index contributed by atoms with van der Waals surface area (Å²) in [4.78, 5) is 1.34. The molecule has 0 spiro atoms. The van der Waals surface area contributed by atoms with Gasteiger partial charge in [-0.2, -0.15) is 0 Å². The van der Waals surface area contributed by atoms with Gasteiger partial charge in [-0.3, -0.25) is 0 Å². The van der Waals surface area contributed by atoms with Crippen LogP contribution in [-0.2, 0) is 6.42 Å². The van der Waals surface area contributed by atoms with Gasteiger partial charge in [-0.05, 0) is 41.6 Å². The van der Waals surface area contributed by atoms with Gasteiger partial charge in [-0.15, -0.1) is 11.3 Å². The van der Waals surface area contributed by atoms with E-state index in [1.807, 2.05) is 0 Å². The molecule has 1 N–H and O–H groups in total. The molecule has 2 aromatic rings. The van der Waals surface area contributed by atoms with Crippen molar-refractivity contribution in [3.8, 4) is 11.5 Å². The Morgan fingerprint density at radius 3 is 2.86 bits per heavy atom. The van der Waals surface area contributed by atoms with Gasteiger partial charge in [0.1, 0.15) is 0 Å². The molecule has 1 aromatic heterocycles. The number of methoxy groups -OCH3 is 2. The summed E-state index contributed by atoms with van der Waals surface area (Å²) in [6, 6.07) is 6.35. The molecule has 0 aliphatic carbocycles. The molecule has 0 radical (unpaired) electrons. The summed E-state index contributed by atoms with van der Waals surface area (Å²) in [7, 11) is 3.28. The zero-order valence-corrected chi connectivity index (χ0v) is 13.7. The maximum Gasteiger partial charge on any atom is 0.179 e. The smallest absolute Gasteiger partial charge is 0.179 e. The van der Waals surface area contributed by atoms with Crippen LogP contribution in [0.1, 0.15) is 21.9 Å². The zero-order valence-electron chi connectivity index (χ0n) is 12.1. The van der Waals surface area contributed by atoms with Crippen molar-refractivity contribution in [2.75, 3.05) is 27.3 Å². The van der Waals surface area contributed by atoms with Crippen LogP contribution < -0.4 is 14.8 Å². The molecular formula is C16H18ClNO2S. The summed E-state index contributed by atoms with van der Waals surface area (Å²) in [6.07, 6.45) is 0.899. The van der Waals surface area contributed by atoms with Gasteiger partial charge in [-0.1, -0.05) is 17.7 Å². The topological polar surface area (TPSA) is 30.5 Å². The molecule has 1 aliphatic rings. The highest BCUT2D eigenvalue weighted by Crippen LogP contribution is 2.44. The van der Waals surface area contributed by atoms with Gasteiger partial charge < -0.3 is 14.8 Å². The van der Waals surface area contributed by atoms with E-state index in [9.17, 15) is 0 Å². The number of fused-ring (bicyclic) bond motifs is 1. The van der Waals surface area contributed by atoms with Crippen molar-refractivity contribution in [2.45, 2.75) is 12.3 Å². The zero-order chi connectivity index (χ0) is 14.8. The van der Waals surface area contributed by atoms with E-state index in [0.717, 1.165) is 25.1 Å². The predicted octanol–water partition coefficient (Wildman–Crippen LogP) is 3.70. The van der Waals surface area contributed by atoms with Crippen LogP contribution >= 0.6 is 22.9 Å². The lowest BCUT2D eigenvalue weighted by Gasteiger charge is -2.20. The van der Waals surface area contributed by atoms with Crippen molar-refractivity contribution in [1.29, 1.82) is 0 Å². The number of thiophene rings is 1. The van der Waals surface area contributed by atoms with E-state index in [4.69, 9.17) is 21.1 Å². The van der Waals surface area contributed by atoms with Crippen molar-refractivity contribution in [3.05, 3.63) is 44.6 Å². The van der Waals surface area contributed by atoms with E-state index in [2.05, 4.69) is 28.9 Å². The largest absolute Gasteiger partial charge is 0.493 e. The van der Waals surface area contributed by atoms with Crippen LogP contribution in [0.4, 0.5) is 0 Å². The van der Waals surface area contributed by atoms with E-state index in [-0.39, 0.29) is 0 Å². The number of hydrogen-bond donors (Lipinski definition) is 1. The Morgan fingerprint density at radius 1 is 1.33 bits per heavy atom. The highest BCUT2D eigenvalue weighted by Gasteiger charge is 2.26. The van der Waals surface area contributed by atoms with Gasteiger partial charge in [0, 0.05) is 17.3 Å². The second-order valence-corrected chi connectivity index (χ2v) is 6.37. The fraction of sp³-hybridized carbons (Fsp3) is 0.375. The Hall–Kier alpha value is -1.23. The second kappa shape index (κ2) is 6.26. The Kier molecular flexibility index (Phi) is 4.38. The molecule has 3 nitrogen and oxygen atoms in total. The summed E-state index contributed by atoms with van der Waals surface area (Å²) < 4.78 is 10.9. The molecule has 0 saturated carbocycles. The minimum absolute atomic E-state index is 0.305. The van der Waals surface area contributed by atoms with E-state index in [1.165, 1.54) is 10.4 Å². The van der Waals surface area contributed by atoms with Gasteiger partial charge in [0.05, 0.1) is 19.2 Å². The molecule has 0 saturated heterocycles. The Morgan fingerprint density at radius 2 is 2.19 bits per heavy atom. The van der Waals surface area contributed by atoms with Crippen molar-refractivity contribution < 1.29 is 9.47 Å². The minimum atomic E-state index is 0.305. The van der Waals surface area contributed by atoms with Gasteiger partial charge in [0.25, 0.3) is 0 Å². The van der Waals surface area contributed by atoms with Crippen molar-refractivity contribution in [3.63, 3.8) is 0 Å². The first kappa shape index (κ1) is 14.7. The molecule has 1 atom stereocenters. The maximum atomic E-state index is 6.58. The molecule has 0 bridgehead atoms. The van der Waals surface area contributed by atoms with Gasteiger partial charge in [0.2, 0.25) is 0 Å². The standard InChI is InChI=1S/C16H18ClNO2S/c1-19-13-8-11-10(15(17)16(13)20-2)5-6-18-9-12(11)14-4-3-7-21-14/h3-4,7-8,12,18H,5-6,9H2,1-2H3. The SMILES string of the molecule is COc1cc2c(c(Cl)c1OC)CCNCC2c1cccs1. The van der Waals surface area contributed by atoms with Crippen LogP contribution in [-0.4, -0.2) is 27.3 Å². The van der Waals surface area contributed by atoms with E-state index in [1.54, 1.807) is 25.6 Å². The van der Waals surface area contributed by atoms with Gasteiger partial charge in [-0.25, -0.2) is 0 Å². The lowest BCUT2D eigenvalue weighted by Crippen LogP contribution is -2.20. The van der Waals surface area contributed by atoms with Crippen molar-refractivity contribution >= 4 is 22.9 Å². The Bertz CT molecular complexity index is 628. The summed E-state index contributed by atoms with van der Waals surface area (Å²) in [5.41, 5.74) is 2.41. The van der Waals surface area contributed by atoms with Crippen LogP contribution in [0.3, 0.4) is 0 Å². The molecule has 5 heteroatoms. The minimum Gasteiger partial charge on any atom is -0.493 e. The number of rotatable bonds is 3.